The molecule has 0 spiro atoms. The lowest BCUT2D eigenvalue weighted by Gasteiger charge is -2.31. The van der Waals surface area contributed by atoms with E-state index in [-0.39, 0.29) is 18.2 Å². The summed E-state index contributed by atoms with van der Waals surface area (Å²) in [4.78, 5) is 27.8. The van der Waals surface area contributed by atoms with Gasteiger partial charge < -0.3 is 10.2 Å². The van der Waals surface area contributed by atoms with Crippen LogP contribution in [-0.4, -0.2) is 29.3 Å². The highest BCUT2D eigenvalue weighted by Gasteiger charge is 2.29. The van der Waals surface area contributed by atoms with Gasteiger partial charge in [0.05, 0.1) is 6.42 Å². The van der Waals surface area contributed by atoms with Crippen molar-refractivity contribution in [1.29, 1.82) is 0 Å². The molecule has 0 radical (unpaired) electrons. The predicted octanol–water partition coefficient (Wildman–Crippen LogP) is 5.12. The van der Waals surface area contributed by atoms with Crippen LogP contribution in [0.15, 0.2) is 48.5 Å². The minimum Gasteiger partial charge on any atom is -0.354 e. The summed E-state index contributed by atoms with van der Waals surface area (Å²) >= 11 is 12.5. The third-order valence-corrected chi connectivity index (χ3v) is 5.36. The lowest BCUT2D eigenvalue weighted by atomic mass is 10.1. The Hall–Kier alpha value is -2.04. The van der Waals surface area contributed by atoms with E-state index in [2.05, 4.69) is 5.32 Å². The van der Waals surface area contributed by atoms with Crippen molar-refractivity contribution < 1.29 is 9.59 Å². The van der Waals surface area contributed by atoms with Crippen LogP contribution in [-0.2, 0) is 22.6 Å². The summed E-state index contributed by atoms with van der Waals surface area (Å²) < 4.78 is 0. The van der Waals surface area contributed by atoms with Gasteiger partial charge in [-0.05, 0) is 35.6 Å². The standard InChI is InChI=1S/C23H28Cl2N2O2/c1-4-21(23(29)26-14-16(2)3)27(15-17-9-6-5-7-10-17)22(28)13-18-19(24)11-8-12-20(18)25/h5-12,16,21H,4,13-15H2,1-3H3,(H,26,29). The molecule has 0 aliphatic rings. The van der Waals surface area contributed by atoms with Crippen molar-refractivity contribution >= 4 is 35.0 Å². The van der Waals surface area contributed by atoms with Crippen molar-refractivity contribution in [2.45, 2.75) is 46.2 Å². The molecule has 29 heavy (non-hydrogen) atoms. The van der Waals surface area contributed by atoms with E-state index in [0.29, 0.717) is 41.0 Å². The molecule has 0 saturated heterocycles. The Bertz CT molecular complexity index is 805. The second kappa shape index (κ2) is 11.2. The van der Waals surface area contributed by atoms with Crippen molar-refractivity contribution in [3.8, 4) is 0 Å². The van der Waals surface area contributed by atoms with E-state index in [9.17, 15) is 9.59 Å². The zero-order chi connectivity index (χ0) is 21.4. The molecule has 4 nitrogen and oxygen atoms in total. The number of halogens is 2. The fourth-order valence-corrected chi connectivity index (χ4v) is 3.61. The molecule has 2 aromatic rings. The lowest BCUT2D eigenvalue weighted by Crippen LogP contribution is -2.50. The third kappa shape index (κ3) is 6.76. The summed E-state index contributed by atoms with van der Waals surface area (Å²) in [7, 11) is 0. The molecule has 0 aliphatic carbocycles. The Morgan fingerprint density at radius 1 is 1.00 bits per heavy atom. The SMILES string of the molecule is CCC(C(=O)NCC(C)C)N(Cc1ccccc1)C(=O)Cc1c(Cl)cccc1Cl. The molecule has 2 rings (SSSR count). The maximum absolute atomic E-state index is 13.3. The first-order valence-electron chi connectivity index (χ1n) is 9.87. The largest absolute Gasteiger partial charge is 0.354 e. The van der Waals surface area contributed by atoms with E-state index in [0.717, 1.165) is 5.56 Å². The van der Waals surface area contributed by atoms with Gasteiger partial charge in [0.15, 0.2) is 0 Å². The maximum Gasteiger partial charge on any atom is 0.242 e. The van der Waals surface area contributed by atoms with Crippen molar-refractivity contribution in [1.82, 2.24) is 10.2 Å². The fraction of sp³-hybridized carbons (Fsp3) is 0.391. The van der Waals surface area contributed by atoms with Gasteiger partial charge >= 0.3 is 0 Å². The van der Waals surface area contributed by atoms with Crippen LogP contribution in [0.2, 0.25) is 10.0 Å². The first-order chi connectivity index (χ1) is 13.8. The Morgan fingerprint density at radius 2 is 1.62 bits per heavy atom. The first-order valence-corrected chi connectivity index (χ1v) is 10.6. The number of benzene rings is 2. The molecule has 2 aromatic carbocycles. The zero-order valence-electron chi connectivity index (χ0n) is 17.1. The van der Waals surface area contributed by atoms with Crippen LogP contribution in [0.4, 0.5) is 0 Å². The van der Waals surface area contributed by atoms with E-state index in [1.165, 1.54) is 0 Å². The number of nitrogens with one attached hydrogen (secondary N) is 1. The molecular weight excluding hydrogens is 407 g/mol. The van der Waals surface area contributed by atoms with Crippen molar-refractivity contribution in [3.63, 3.8) is 0 Å². The number of nitrogens with zero attached hydrogens (tertiary/aromatic N) is 1. The molecule has 1 unspecified atom stereocenters. The number of carbonyl (C=O) groups excluding carboxylic acids is 2. The Morgan fingerprint density at radius 3 is 2.17 bits per heavy atom. The Labute approximate surface area is 183 Å². The van der Waals surface area contributed by atoms with Crippen LogP contribution >= 0.6 is 23.2 Å². The predicted molar refractivity (Wildman–Crippen MR) is 119 cm³/mol. The van der Waals surface area contributed by atoms with E-state index in [1.807, 2.05) is 51.1 Å². The fourth-order valence-electron chi connectivity index (χ4n) is 3.08. The second-order valence-electron chi connectivity index (χ2n) is 7.45. The molecule has 0 fully saturated rings. The molecule has 0 heterocycles. The second-order valence-corrected chi connectivity index (χ2v) is 8.26. The molecule has 0 saturated carbocycles. The van der Waals surface area contributed by atoms with Gasteiger partial charge in [0.25, 0.3) is 0 Å². The summed E-state index contributed by atoms with van der Waals surface area (Å²) in [5, 5.41) is 3.85. The third-order valence-electron chi connectivity index (χ3n) is 4.66. The normalized spacial score (nSPS) is 11.9. The van der Waals surface area contributed by atoms with Crippen LogP contribution < -0.4 is 5.32 Å². The molecule has 0 aromatic heterocycles. The number of rotatable bonds is 9. The van der Waals surface area contributed by atoms with Crippen molar-refractivity contribution in [2.75, 3.05) is 6.54 Å². The minimum absolute atomic E-state index is 0.0410. The summed E-state index contributed by atoms with van der Waals surface area (Å²) in [6.45, 7) is 6.89. The summed E-state index contributed by atoms with van der Waals surface area (Å²) in [5.41, 5.74) is 1.54. The molecule has 156 valence electrons. The van der Waals surface area contributed by atoms with Gasteiger partial charge in [-0.1, -0.05) is 80.4 Å². The van der Waals surface area contributed by atoms with Crippen LogP contribution in [0.3, 0.4) is 0 Å². The monoisotopic (exact) mass is 434 g/mol. The molecule has 0 aliphatic heterocycles. The zero-order valence-corrected chi connectivity index (χ0v) is 18.6. The highest BCUT2D eigenvalue weighted by molar-refractivity contribution is 6.36. The molecule has 6 heteroatoms. The van der Waals surface area contributed by atoms with Gasteiger partial charge in [-0.15, -0.1) is 0 Å². The topological polar surface area (TPSA) is 49.4 Å². The van der Waals surface area contributed by atoms with Gasteiger partial charge in [0.1, 0.15) is 6.04 Å². The minimum atomic E-state index is -0.567. The lowest BCUT2D eigenvalue weighted by molar-refractivity contribution is -0.141. The summed E-state index contributed by atoms with van der Waals surface area (Å²) in [6.07, 6.45) is 0.554. The van der Waals surface area contributed by atoms with Gasteiger partial charge in [-0.25, -0.2) is 0 Å². The van der Waals surface area contributed by atoms with E-state index < -0.39 is 6.04 Å². The molecule has 1 atom stereocenters. The van der Waals surface area contributed by atoms with Gasteiger partial charge in [-0.2, -0.15) is 0 Å². The van der Waals surface area contributed by atoms with Crippen LogP contribution in [0.5, 0.6) is 0 Å². The number of hydrogen-bond acceptors (Lipinski definition) is 2. The van der Waals surface area contributed by atoms with E-state index in [4.69, 9.17) is 23.2 Å². The van der Waals surface area contributed by atoms with Crippen LogP contribution in [0, 0.1) is 5.92 Å². The maximum atomic E-state index is 13.3. The Balaban J connectivity index is 2.30. The average molecular weight is 435 g/mol. The van der Waals surface area contributed by atoms with Gasteiger partial charge in [0, 0.05) is 23.1 Å². The number of hydrogen-bond donors (Lipinski definition) is 1. The van der Waals surface area contributed by atoms with Crippen molar-refractivity contribution in [2.24, 2.45) is 5.92 Å². The van der Waals surface area contributed by atoms with Crippen LogP contribution in [0.25, 0.3) is 0 Å². The summed E-state index contributed by atoms with van der Waals surface area (Å²) in [5.74, 6) is 0.00259. The number of amides is 2. The van der Waals surface area contributed by atoms with E-state index in [1.54, 1.807) is 23.1 Å². The average Bonchev–Trinajstić information content (AvgIpc) is 2.69. The highest BCUT2D eigenvalue weighted by atomic mass is 35.5. The molecule has 0 bridgehead atoms. The summed E-state index contributed by atoms with van der Waals surface area (Å²) in [6, 6.07) is 14.3. The van der Waals surface area contributed by atoms with Gasteiger partial charge in [-0.3, -0.25) is 9.59 Å². The molecular formula is C23H28Cl2N2O2. The molecule has 2 amide bonds. The quantitative estimate of drug-likeness (QED) is 0.595. The number of carbonyl (C=O) groups is 2. The van der Waals surface area contributed by atoms with E-state index >= 15 is 0 Å². The smallest absolute Gasteiger partial charge is 0.242 e. The van der Waals surface area contributed by atoms with Crippen LogP contribution in [0.1, 0.15) is 38.3 Å². The van der Waals surface area contributed by atoms with Gasteiger partial charge in [0.2, 0.25) is 11.8 Å². The Kier molecular flexibility index (Phi) is 8.99. The molecule has 1 N–H and O–H groups in total. The first kappa shape index (κ1) is 23.2. The van der Waals surface area contributed by atoms with Crippen molar-refractivity contribution in [3.05, 3.63) is 69.7 Å². The highest BCUT2D eigenvalue weighted by Crippen LogP contribution is 2.26.